The van der Waals surface area contributed by atoms with Gasteiger partial charge in [-0.15, -0.1) is 11.8 Å². The maximum atomic E-state index is 12.2. The number of thioether (sulfide) groups is 1. The zero-order valence-corrected chi connectivity index (χ0v) is 16.0. The Labute approximate surface area is 152 Å². The summed E-state index contributed by atoms with van der Waals surface area (Å²) in [5, 5.41) is 0. The molecule has 2 N–H and O–H groups in total. The molecule has 2 amide bonds. The molecular formula is C16H23N3O4S2. The molecular weight excluding hydrogens is 362 g/mol. The molecule has 1 aliphatic rings. The van der Waals surface area contributed by atoms with Gasteiger partial charge in [0, 0.05) is 11.4 Å². The second-order valence-electron chi connectivity index (χ2n) is 6.02. The Morgan fingerprint density at radius 1 is 1.20 bits per heavy atom. The fourth-order valence-electron chi connectivity index (χ4n) is 2.60. The van der Waals surface area contributed by atoms with Gasteiger partial charge in [-0.25, -0.2) is 8.42 Å². The summed E-state index contributed by atoms with van der Waals surface area (Å²) in [5.41, 5.74) is 5.84. The predicted molar refractivity (Wildman–Crippen MR) is 97.4 cm³/mol. The van der Waals surface area contributed by atoms with Gasteiger partial charge in [-0.05, 0) is 31.9 Å². The SMILES string of the molecule is Cc1ccc(SCC(=O)NNC(=O)C2CCCCN2S(C)(=O)=O)cc1. The van der Waals surface area contributed by atoms with Crippen LogP contribution in [0.5, 0.6) is 0 Å². The van der Waals surface area contributed by atoms with E-state index in [1.807, 2.05) is 31.2 Å². The number of nitrogens with one attached hydrogen (secondary N) is 2. The molecule has 7 nitrogen and oxygen atoms in total. The fourth-order valence-corrected chi connectivity index (χ4v) is 4.42. The Kier molecular flexibility index (Phi) is 6.86. The van der Waals surface area contributed by atoms with Gasteiger partial charge in [-0.3, -0.25) is 20.4 Å². The number of amides is 2. The van der Waals surface area contributed by atoms with Crippen molar-refractivity contribution >= 4 is 33.6 Å². The van der Waals surface area contributed by atoms with E-state index in [-0.39, 0.29) is 11.7 Å². The number of carbonyl (C=O) groups is 2. The Balaban J connectivity index is 1.82. The number of hydrogen-bond donors (Lipinski definition) is 2. The van der Waals surface area contributed by atoms with E-state index in [1.54, 1.807) is 0 Å². The molecule has 0 spiro atoms. The van der Waals surface area contributed by atoms with Crippen molar-refractivity contribution in [2.45, 2.75) is 37.1 Å². The fraction of sp³-hybridized carbons (Fsp3) is 0.500. The predicted octanol–water partition coefficient (Wildman–Crippen LogP) is 1.05. The number of benzene rings is 1. The highest BCUT2D eigenvalue weighted by atomic mass is 32.2. The maximum absolute atomic E-state index is 12.2. The summed E-state index contributed by atoms with van der Waals surface area (Å²) in [5.74, 6) is -0.691. The quantitative estimate of drug-likeness (QED) is 0.583. The van der Waals surface area contributed by atoms with Crippen molar-refractivity contribution in [2.75, 3.05) is 18.6 Å². The molecule has 0 aromatic heterocycles. The summed E-state index contributed by atoms with van der Waals surface area (Å²) in [6, 6.07) is 7.01. The van der Waals surface area contributed by atoms with Crippen LogP contribution in [0.4, 0.5) is 0 Å². The Morgan fingerprint density at radius 3 is 2.52 bits per heavy atom. The molecule has 1 atom stereocenters. The summed E-state index contributed by atoms with van der Waals surface area (Å²) in [6.07, 6.45) is 3.06. The molecule has 0 bridgehead atoms. The number of nitrogens with zero attached hydrogens (tertiary/aromatic N) is 1. The van der Waals surface area contributed by atoms with E-state index in [4.69, 9.17) is 0 Å². The van der Waals surface area contributed by atoms with E-state index in [9.17, 15) is 18.0 Å². The standard InChI is InChI=1S/C16H23N3O4S2/c1-12-6-8-13(9-7-12)24-11-15(20)17-18-16(21)14-5-3-4-10-19(14)25(2,22)23/h6-9,14H,3-5,10-11H2,1-2H3,(H,17,20)(H,18,21). The molecule has 1 fully saturated rings. The van der Waals surface area contributed by atoms with Crippen molar-refractivity contribution in [3.63, 3.8) is 0 Å². The average molecular weight is 386 g/mol. The Bertz CT molecular complexity index is 719. The first kappa shape index (κ1) is 19.7. The zero-order valence-electron chi connectivity index (χ0n) is 14.3. The number of sulfonamides is 1. The van der Waals surface area contributed by atoms with E-state index in [0.29, 0.717) is 13.0 Å². The Morgan fingerprint density at radius 2 is 1.88 bits per heavy atom. The van der Waals surface area contributed by atoms with Gasteiger partial charge in [0.25, 0.3) is 5.91 Å². The number of aryl methyl sites for hydroxylation is 1. The van der Waals surface area contributed by atoms with E-state index in [2.05, 4.69) is 10.9 Å². The first-order chi connectivity index (χ1) is 11.8. The second-order valence-corrected chi connectivity index (χ2v) is 9.01. The summed E-state index contributed by atoms with van der Waals surface area (Å²) in [4.78, 5) is 25.1. The van der Waals surface area contributed by atoms with Gasteiger partial charge in [-0.2, -0.15) is 4.31 Å². The lowest BCUT2D eigenvalue weighted by atomic mass is 10.0. The van der Waals surface area contributed by atoms with Crippen LogP contribution in [0.3, 0.4) is 0 Å². The molecule has 0 aliphatic carbocycles. The van der Waals surface area contributed by atoms with Crippen molar-refractivity contribution in [1.82, 2.24) is 15.2 Å². The molecule has 9 heteroatoms. The minimum atomic E-state index is -3.45. The molecule has 1 heterocycles. The minimum absolute atomic E-state index is 0.157. The third-order valence-electron chi connectivity index (χ3n) is 3.90. The van der Waals surface area contributed by atoms with Crippen LogP contribution in [0.2, 0.25) is 0 Å². The molecule has 0 saturated carbocycles. The van der Waals surface area contributed by atoms with E-state index in [1.165, 1.54) is 16.1 Å². The van der Waals surface area contributed by atoms with E-state index >= 15 is 0 Å². The average Bonchev–Trinajstić information content (AvgIpc) is 2.58. The number of rotatable bonds is 5. The molecule has 2 rings (SSSR count). The summed E-state index contributed by atoms with van der Waals surface area (Å²) >= 11 is 1.36. The zero-order chi connectivity index (χ0) is 18.4. The van der Waals surface area contributed by atoms with Crippen LogP contribution in [0, 0.1) is 6.92 Å². The molecule has 1 saturated heterocycles. The lowest BCUT2D eigenvalue weighted by Gasteiger charge is -2.32. The highest BCUT2D eigenvalue weighted by Gasteiger charge is 2.34. The van der Waals surface area contributed by atoms with Gasteiger partial charge in [0.15, 0.2) is 0 Å². The van der Waals surface area contributed by atoms with Crippen LogP contribution in [-0.2, 0) is 19.6 Å². The smallest absolute Gasteiger partial charge is 0.256 e. The van der Waals surface area contributed by atoms with Crippen molar-refractivity contribution in [2.24, 2.45) is 0 Å². The third-order valence-corrected chi connectivity index (χ3v) is 6.20. The van der Waals surface area contributed by atoms with Crippen LogP contribution in [0.1, 0.15) is 24.8 Å². The summed E-state index contributed by atoms with van der Waals surface area (Å²) in [6.45, 7) is 2.32. The Hall–Kier alpha value is -1.58. The number of piperidine rings is 1. The first-order valence-electron chi connectivity index (χ1n) is 8.02. The van der Waals surface area contributed by atoms with Crippen LogP contribution < -0.4 is 10.9 Å². The normalized spacial score (nSPS) is 18.6. The van der Waals surface area contributed by atoms with Gasteiger partial charge in [0.2, 0.25) is 15.9 Å². The van der Waals surface area contributed by atoms with Crippen molar-refractivity contribution in [3.8, 4) is 0 Å². The number of carbonyl (C=O) groups excluding carboxylic acids is 2. The van der Waals surface area contributed by atoms with Crippen LogP contribution in [-0.4, -0.2) is 49.1 Å². The van der Waals surface area contributed by atoms with Gasteiger partial charge in [-0.1, -0.05) is 24.1 Å². The maximum Gasteiger partial charge on any atom is 0.256 e. The first-order valence-corrected chi connectivity index (χ1v) is 10.9. The summed E-state index contributed by atoms with van der Waals surface area (Å²) in [7, 11) is -3.45. The molecule has 1 aromatic rings. The number of hydrazine groups is 1. The summed E-state index contributed by atoms with van der Waals surface area (Å²) < 4.78 is 24.7. The molecule has 0 radical (unpaired) electrons. The molecule has 138 valence electrons. The molecule has 1 aliphatic heterocycles. The van der Waals surface area contributed by atoms with Crippen molar-refractivity contribution < 1.29 is 18.0 Å². The lowest BCUT2D eigenvalue weighted by molar-refractivity contribution is -0.130. The molecule has 25 heavy (non-hydrogen) atoms. The van der Waals surface area contributed by atoms with Gasteiger partial charge in [0.05, 0.1) is 12.0 Å². The molecule has 1 aromatic carbocycles. The molecule has 1 unspecified atom stereocenters. The van der Waals surface area contributed by atoms with Crippen molar-refractivity contribution in [3.05, 3.63) is 29.8 Å². The topological polar surface area (TPSA) is 95.6 Å². The van der Waals surface area contributed by atoms with E-state index < -0.39 is 22.0 Å². The van der Waals surface area contributed by atoms with Crippen LogP contribution in [0.25, 0.3) is 0 Å². The van der Waals surface area contributed by atoms with E-state index in [0.717, 1.165) is 29.6 Å². The van der Waals surface area contributed by atoms with Gasteiger partial charge in [0.1, 0.15) is 6.04 Å². The minimum Gasteiger partial charge on any atom is -0.272 e. The van der Waals surface area contributed by atoms with Gasteiger partial charge >= 0.3 is 0 Å². The van der Waals surface area contributed by atoms with Crippen LogP contribution >= 0.6 is 11.8 Å². The van der Waals surface area contributed by atoms with Gasteiger partial charge < -0.3 is 0 Å². The van der Waals surface area contributed by atoms with Crippen LogP contribution in [0.15, 0.2) is 29.2 Å². The third kappa shape index (κ3) is 6.02. The highest BCUT2D eigenvalue weighted by molar-refractivity contribution is 8.00. The van der Waals surface area contributed by atoms with Crippen molar-refractivity contribution in [1.29, 1.82) is 0 Å². The second kappa shape index (κ2) is 8.68. The number of hydrogen-bond acceptors (Lipinski definition) is 5. The highest BCUT2D eigenvalue weighted by Crippen LogP contribution is 2.20. The monoisotopic (exact) mass is 385 g/mol. The largest absolute Gasteiger partial charge is 0.272 e. The lowest BCUT2D eigenvalue weighted by Crippen LogP contribution is -2.55.